The molecule has 0 fully saturated rings. The highest BCUT2D eigenvalue weighted by Crippen LogP contribution is 2.46. The van der Waals surface area contributed by atoms with E-state index in [2.05, 4.69) is 0 Å². The number of hydrogen-bond donors (Lipinski definition) is 2. The van der Waals surface area contributed by atoms with Gasteiger partial charge in [0.25, 0.3) is 0 Å². The van der Waals surface area contributed by atoms with E-state index in [1.165, 1.54) is 6.66 Å². The Hall–Kier alpha value is 0.310. The van der Waals surface area contributed by atoms with Gasteiger partial charge in [-0.15, -0.1) is 0 Å². The number of hydrogen-bond acceptors (Lipinski definition) is 3. The first kappa shape index (κ1) is 9.31. The highest BCUT2D eigenvalue weighted by molar-refractivity contribution is 7.58. The summed E-state index contributed by atoms with van der Waals surface area (Å²) in [5.41, 5.74) is 0. The van der Waals surface area contributed by atoms with Crippen LogP contribution >= 0.6 is 7.94 Å². The first-order valence-electron chi connectivity index (χ1n) is 3.03. The largest absolute Gasteiger partial charge is 0.403 e. The molecule has 0 aliphatic heterocycles. The average Bonchev–Trinajstić information content (AvgIpc) is 1.63. The van der Waals surface area contributed by atoms with Gasteiger partial charge < -0.3 is 0 Å². The Morgan fingerprint density at radius 1 is 1.44 bits per heavy atom. The van der Waals surface area contributed by atoms with Gasteiger partial charge in [-0.25, -0.2) is 0 Å². The normalized spacial score (nSPS) is 12.0. The minimum atomic E-state index is -2.95. The van der Waals surface area contributed by atoms with Crippen molar-refractivity contribution in [3.8, 4) is 0 Å². The zero-order valence-electron chi connectivity index (χ0n) is 5.87. The lowest BCUT2D eigenvalue weighted by Gasteiger charge is -2.03. The van der Waals surface area contributed by atoms with Crippen molar-refractivity contribution in [2.45, 2.75) is 19.8 Å². The van der Waals surface area contributed by atoms with E-state index in [0.717, 1.165) is 12.8 Å². The molecule has 0 bridgehead atoms. The first-order valence-corrected chi connectivity index (χ1v) is 5.09. The molecule has 0 aromatic carbocycles. The van der Waals surface area contributed by atoms with E-state index < -0.39 is 7.94 Å². The summed E-state index contributed by atoms with van der Waals surface area (Å²) >= 11 is 0. The zero-order chi connectivity index (χ0) is 7.33. The Bertz CT molecular complexity index is 69.1. The molecule has 0 aliphatic rings. The molecule has 9 heavy (non-hydrogen) atoms. The summed E-state index contributed by atoms with van der Waals surface area (Å²) in [6, 6.07) is 0. The molecule has 0 aliphatic carbocycles. The van der Waals surface area contributed by atoms with Gasteiger partial charge in [-0.1, -0.05) is 13.3 Å². The quantitative estimate of drug-likeness (QED) is 0.471. The molecule has 0 aromatic rings. The van der Waals surface area contributed by atoms with E-state index in [1.807, 2.05) is 6.92 Å². The van der Waals surface area contributed by atoms with Gasteiger partial charge in [-0.3, -0.25) is 0 Å². The Morgan fingerprint density at radius 2 is 2.00 bits per heavy atom. The standard InChI is InChI=1S/C5H14O3P/c1-3-4-5-8-9(2,6)7/h6-7H,3-5H2,1-2H3/q+1. The van der Waals surface area contributed by atoms with Gasteiger partial charge in [0.15, 0.2) is 0 Å². The van der Waals surface area contributed by atoms with Crippen LogP contribution in [0.4, 0.5) is 0 Å². The Morgan fingerprint density at radius 3 is 2.33 bits per heavy atom. The van der Waals surface area contributed by atoms with Gasteiger partial charge in [0.05, 0.1) is 6.61 Å². The molecule has 0 saturated carbocycles. The van der Waals surface area contributed by atoms with Crippen LogP contribution < -0.4 is 0 Å². The second-order valence-electron chi connectivity index (χ2n) is 2.02. The van der Waals surface area contributed by atoms with Crippen LogP contribution in [-0.2, 0) is 4.52 Å². The molecule has 0 atom stereocenters. The van der Waals surface area contributed by atoms with Crippen molar-refractivity contribution in [3.05, 3.63) is 0 Å². The lowest BCUT2D eigenvalue weighted by atomic mass is 10.4. The van der Waals surface area contributed by atoms with Crippen molar-refractivity contribution < 1.29 is 14.3 Å². The van der Waals surface area contributed by atoms with Crippen molar-refractivity contribution >= 4 is 7.94 Å². The van der Waals surface area contributed by atoms with E-state index in [-0.39, 0.29) is 0 Å². The molecule has 4 heteroatoms. The molecule has 0 spiro atoms. The molecule has 0 aromatic heterocycles. The van der Waals surface area contributed by atoms with Crippen LogP contribution in [0.2, 0.25) is 0 Å². The van der Waals surface area contributed by atoms with E-state index in [4.69, 9.17) is 14.3 Å². The summed E-state index contributed by atoms with van der Waals surface area (Å²) in [5.74, 6) is 0. The molecule has 0 rings (SSSR count). The van der Waals surface area contributed by atoms with E-state index in [0.29, 0.717) is 6.61 Å². The highest BCUT2D eigenvalue weighted by Gasteiger charge is 2.25. The monoisotopic (exact) mass is 153 g/mol. The number of unbranched alkanes of at least 4 members (excludes halogenated alkanes) is 1. The molecule has 2 N–H and O–H groups in total. The fraction of sp³-hybridized carbons (Fsp3) is 1.00. The van der Waals surface area contributed by atoms with Gasteiger partial charge in [0.1, 0.15) is 6.66 Å². The van der Waals surface area contributed by atoms with E-state index >= 15 is 0 Å². The summed E-state index contributed by atoms with van der Waals surface area (Å²) in [6.45, 7) is 3.78. The fourth-order valence-corrected chi connectivity index (χ4v) is 0.857. The summed E-state index contributed by atoms with van der Waals surface area (Å²) in [5, 5.41) is 0. The molecule has 0 heterocycles. The molecule has 56 valence electrons. The SMILES string of the molecule is CCCCO[P+](C)(O)O. The van der Waals surface area contributed by atoms with E-state index in [1.54, 1.807) is 0 Å². The predicted octanol–water partition coefficient (Wildman–Crippen LogP) is 1.18. The maximum absolute atomic E-state index is 8.69. The Balaban J connectivity index is 3.07. The third-order valence-electron chi connectivity index (χ3n) is 0.834. The zero-order valence-corrected chi connectivity index (χ0v) is 6.77. The topological polar surface area (TPSA) is 49.7 Å². The molecule has 0 saturated heterocycles. The van der Waals surface area contributed by atoms with Gasteiger partial charge in [0.2, 0.25) is 0 Å². The summed E-state index contributed by atoms with van der Waals surface area (Å²) < 4.78 is 4.69. The van der Waals surface area contributed by atoms with Crippen LogP contribution in [-0.4, -0.2) is 23.1 Å². The maximum atomic E-state index is 8.69. The molecule has 0 unspecified atom stereocenters. The minimum absolute atomic E-state index is 0.452. The second kappa shape index (κ2) is 4.18. The van der Waals surface area contributed by atoms with E-state index in [9.17, 15) is 0 Å². The van der Waals surface area contributed by atoms with Gasteiger partial charge in [-0.05, 0) is 6.42 Å². The Kier molecular flexibility index (Phi) is 4.32. The predicted molar refractivity (Wildman–Crippen MR) is 38.1 cm³/mol. The molecule has 0 radical (unpaired) electrons. The lowest BCUT2D eigenvalue weighted by molar-refractivity contribution is 0.231. The average molecular weight is 153 g/mol. The van der Waals surface area contributed by atoms with Crippen molar-refractivity contribution in [1.29, 1.82) is 0 Å². The molecule has 3 nitrogen and oxygen atoms in total. The van der Waals surface area contributed by atoms with Crippen LogP contribution in [0.15, 0.2) is 0 Å². The van der Waals surface area contributed by atoms with Crippen LogP contribution in [0.1, 0.15) is 19.8 Å². The third kappa shape index (κ3) is 8.31. The second-order valence-corrected chi connectivity index (χ2v) is 3.95. The van der Waals surface area contributed by atoms with Crippen molar-refractivity contribution in [3.63, 3.8) is 0 Å². The maximum Gasteiger partial charge on any atom is 0.403 e. The fourth-order valence-electron chi connectivity index (χ4n) is 0.382. The first-order chi connectivity index (χ1) is 4.06. The number of rotatable bonds is 4. The van der Waals surface area contributed by atoms with Crippen LogP contribution in [0.3, 0.4) is 0 Å². The van der Waals surface area contributed by atoms with Crippen molar-refractivity contribution in [1.82, 2.24) is 0 Å². The minimum Gasteiger partial charge on any atom is -0.193 e. The molecular formula is C5H14O3P+. The smallest absolute Gasteiger partial charge is 0.193 e. The third-order valence-corrected chi connectivity index (χ3v) is 1.51. The van der Waals surface area contributed by atoms with Crippen molar-refractivity contribution in [2.24, 2.45) is 0 Å². The summed E-state index contributed by atoms with van der Waals surface area (Å²) in [7, 11) is -2.95. The van der Waals surface area contributed by atoms with Crippen LogP contribution in [0, 0.1) is 0 Å². The van der Waals surface area contributed by atoms with Gasteiger partial charge >= 0.3 is 7.94 Å². The van der Waals surface area contributed by atoms with Crippen molar-refractivity contribution in [2.75, 3.05) is 13.3 Å². The van der Waals surface area contributed by atoms with Gasteiger partial charge in [-0.2, -0.15) is 14.3 Å². The van der Waals surface area contributed by atoms with Gasteiger partial charge in [0, 0.05) is 0 Å². The molecule has 0 amide bonds. The summed E-state index contributed by atoms with van der Waals surface area (Å²) in [6.07, 6.45) is 1.90. The highest BCUT2D eigenvalue weighted by atomic mass is 31.2. The molecular weight excluding hydrogens is 139 g/mol. The lowest BCUT2D eigenvalue weighted by Crippen LogP contribution is -1.95. The summed E-state index contributed by atoms with van der Waals surface area (Å²) in [4.78, 5) is 17.4. The Labute approximate surface area is 56.2 Å². The van der Waals surface area contributed by atoms with Crippen LogP contribution in [0.25, 0.3) is 0 Å². The van der Waals surface area contributed by atoms with Crippen LogP contribution in [0.5, 0.6) is 0 Å².